The standard InChI is InChI=1S/C17H16N4O4/c1-20-15(23)7-6-13(19-20)11-4-2-3-5-12(11)18-14(22)10-21-16(24)8-9-17(21)25/h2-7H,8-10H2,1H3,(H,18,22). The molecular formula is C17H16N4O4. The van der Waals surface area contributed by atoms with Gasteiger partial charge >= 0.3 is 0 Å². The zero-order chi connectivity index (χ0) is 18.0. The van der Waals surface area contributed by atoms with Gasteiger partial charge in [0.25, 0.3) is 5.56 Å². The molecule has 8 nitrogen and oxygen atoms in total. The van der Waals surface area contributed by atoms with E-state index in [1.165, 1.54) is 17.8 Å². The van der Waals surface area contributed by atoms with Crippen LogP contribution in [0.1, 0.15) is 12.8 Å². The van der Waals surface area contributed by atoms with Crippen LogP contribution in [0.4, 0.5) is 5.69 Å². The van der Waals surface area contributed by atoms with Crippen LogP contribution in [-0.2, 0) is 21.4 Å². The van der Waals surface area contributed by atoms with Crippen LogP contribution in [0.25, 0.3) is 11.3 Å². The number of hydrogen-bond acceptors (Lipinski definition) is 5. The van der Waals surface area contributed by atoms with E-state index in [9.17, 15) is 19.2 Å². The van der Waals surface area contributed by atoms with Gasteiger partial charge in [0.1, 0.15) is 6.54 Å². The molecule has 0 bridgehead atoms. The van der Waals surface area contributed by atoms with E-state index in [0.29, 0.717) is 16.9 Å². The Morgan fingerprint density at radius 1 is 1.08 bits per heavy atom. The van der Waals surface area contributed by atoms with Crippen LogP contribution in [0.15, 0.2) is 41.2 Å². The van der Waals surface area contributed by atoms with Gasteiger partial charge in [-0.1, -0.05) is 18.2 Å². The highest BCUT2D eigenvalue weighted by Crippen LogP contribution is 2.25. The van der Waals surface area contributed by atoms with Gasteiger partial charge < -0.3 is 5.32 Å². The fourth-order valence-electron chi connectivity index (χ4n) is 2.59. The van der Waals surface area contributed by atoms with Crippen LogP contribution in [-0.4, -0.2) is 38.9 Å². The summed E-state index contributed by atoms with van der Waals surface area (Å²) in [4.78, 5) is 47.9. The van der Waals surface area contributed by atoms with Gasteiger partial charge in [-0.25, -0.2) is 4.68 Å². The normalized spacial score (nSPS) is 14.0. The Balaban J connectivity index is 1.82. The van der Waals surface area contributed by atoms with Crippen molar-refractivity contribution < 1.29 is 14.4 Å². The smallest absolute Gasteiger partial charge is 0.266 e. The van der Waals surface area contributed by atoms with Gasteiger partial charge in [-0.2, -0.15) is 5.10 Å². The number of para-hydroxylation sites is 1. The van der Waals surface area contributed by atoms with Crippen LogP contribution < -0.4 is 10.9 Å². The predicted octanol–water partition coefficient (Wildman–Crippen LogP) is 0.535. The quantitative estimate of drug-likeness (QED) is 0.818. The van der Waals surface area contributed by atoms with Gasteiger partial charge in [0.05, 0.1) is 11.4 Å². The summed E-state index contributed by atoms with van der Waals surface area (Å²) in [6.45, 7) is -0.313. The number of rotatable bonds is 4. The Morgan fingerprint density at radius 2 is 1.76 bits per heavy atom. The van der Waals surface area contributed by atoms with E-state index < -0.39 is 5.91 Å². The van der Waals surface area contributed by atoms with E-state index in [4.69, 9.17) is 0 Å². The van der Waals surface area contributed by atoms with Crippen LogP contribution >= 0.6 is 0 Å². The first-order valence-electron chi connectivity index (χ1n) is 7.72. The van der Waals surface area contributed by atoms with Crippen molar-refractivity contribution in [3.63, 3.8) is 0 Å². The molecule has 0 radical (unpaired) electrons. The molecule has 8 heteroatoms. The van der Waals surface area contributed by atoms with Crippen LogP contribution in [0, 0.1) is 0 Å². The zero-order valence-electron chi connectivity index (χ0n) is 13.6. The van der Waals surface area contributed by atoms with Gasteiger partial charge in [0.15, 0.2) is 0 Å². The van der Waals surface area contributed by atoms with E-state index in [1.54, 1.807) is 30.3 Å². The minimum Gasteiger partial charge on any atom is -0.324 e. The number of imide groups is 1. The first-order chi connectivity index (χ1) is 12.0. The second kappa shape index (κ2) is 6.68. The Labute approximate surface area is 143 Å². The molecule has 0 spiro atoms. The molecule has 0 saturated carbocycles. The van der Waals surface area contributed by atoms with Crippen molar-refractivity contribution in [2.75, 3.05) is 11.9 Å². The number of carbonyl (C=O) groups excluding carboxylic acids is 3. The van der Waals surface area contributed by atoms with E-state index in [-0.39, 0.29) is 36.8 Å². The molecule has 1 aromatic heterocycles. The first-order valence-corrected chi connectivity index (χ1v) is 7.72. The molecule has 3 amide bonds. The highest BCUT2D eigenvalue weighted by Gasteiger charge is 2.30. The fraction of sp³-hybridized carbons (Fsp3) is 0.235. The van der Waals surface area contributed by atoms with Crippen molar-refractivity contribution in [3.05, 3.63) is 46.8 Å². The molecule has 1 aliphatic heterocycles. The zero-order valence-corrected chi connectivity index (χ0v) is 13.6. The third-order valence-corrected chi connectivity index (χ3v) is 3.89. The minimum atomic E-state index is -0.471. The number of benzene rings is 1. The number of nitrogens with one attached hydrogen (secondary N) is 1. The molecule has 1 saturated heterocycles. The SMILES string of the molecule is Cn1nc(-c2ccccc2NC(=O)CN2C(=O)CCC2=O)ccc1=O. The minimum absolute atomic E-state index is 0.144. The third kappa shape index (κ3) is 3.47. The number of amides is 3. The first kappa shape index (κ1) is 16.6. The number of aryl methyl sites for hydroxylation is 1. The summed E-state index contributed by atoms with van der Waals surface area (Å²) in [7, 11) is 1.54. The van der Waals surface area contributed by atoms with Crippen molar-refractivity contribution in [1.29, 1.82) is 0 Å². The fourth-order valence-corrected chi connectivity index (χ4v) is 2.59. The van der Waals surface area contributed by atoms with Gasteiger partial charge in [-0.3, -0.25) is 24.1 Å². The second-order valence-electron chi connectivity index (χ2n) is 5.65. The van der Waals surface area contributed by atoms with Crippen molar-refractivity contribution in [1.82, 2.24) is 14.7 Å². The monoisotopic (exact) mass is 340 g/mol. The average molecular weight is 340 g/mol. The number of nitrogens with zero attached hydrogens (tertiary/aromatic N) is 3. The Kier molecular flexibility index (Phi) is 4.42. The molecule has 1 aromatic carbocycles. The molecule has 25 heavy (non-hydrogen) atoms. The van der Waals surface area contributed by atoms with E-state index in [1.807, 2.05) is 0 Å². The van der Waals surface area contributed by atoms with E-state index >= 15 is 0 Å². The molecule has 1 aliphatic rings. The topological polar surface area (TPSA) is 101 Å². The maximum absolute atomic E-state index is 12.2. The molecule has 2 aromatic rings. The number of anilines is 1. The summed E-state index contributed by atoms with van der Waals surface area (Å²) in [5.41, 5.74) is 1.39. The summed E-state index contributed by atoms with van der Waals surface area (Å²) >= 11 is 0. The highest BCUT2D eigenvalue weighted by atomic mass is 16.2. The van der Waals surface area contributed by atoms with Crippen molar-refractivity contribution in [3.8, 4) is 11.3 Å². The van der Waals surface area contributed by atoms with Crippen LogP contribution in [0.3, 0.4) is 0 Å². The third-order valence-electron chi connectivity index (χ3n) is 3.89. The van der Waals surface area contributed by atoms with Gasteiger partial charge in [-0.05, 0) is 12.1 Å². The molecular weight excluding hydrogens is 324 g/mol. The van der Waals surface area contributed by atoms with Crippen molar-refractivity contribution >= 4 is 23.4 Å². The maximum Gasteiger partial charge on any atom is 0.266 e. The Morgan fingerprint density at radius 3 is 2.44 bits per heavy atom. The lowest BCUT2D eigenvalue weighted by atomic mass is 10.1. The van der Waals surface area contributed by atoms with Crippen LogP contribution in [0.2, 0.25) is 0 Å². The van der Waals surface area contributed by atoms with E-state index in [2.05, 4.69) is 10.4 Å². The molecule has 0 unspecified atom stereocenters. The Hall–Kier alpha value is -3.29. The van der Waals surface area contributed by atoms with Crippen molar-refractivity contribution in [2.24, 2.45) is 7.05 Å². The second-order valence-corrected chi connectivity index (χ2v) is 5.65. The lowest BCUT2D eigenvalue weighted by Crippen LogP contribution is -2.36. The van der Waals surface area contributed by atoms with Gasteiger partial charge in [0, 0.05) is 31.5 Å². The molecule has 128 valence electrons. The number of aromatic nitrogens is 2. The summed E-state index contributed by atoms with van der Waals surface area (Å²) in [5.74, 6) is -1.15. The van der Waals surface area contributed by atoms with Crippen LogP contribution in [0.5, 0.6) is 0 Å². The molecule has 2 heterocycles. The predicted molar refractivity (Wildman–Crippen MR) is 89.5 cm³/mol. The maximum atomic E-state index is 12.2. The number of likely N-dealkylation sites (tertiary alicyclic amines) is 1. The summed E-state index contributed by atoms with van der Waals surface area (Å²) in [6, 6.07) is 9.93. The number of hydrogen-bond donors (Lipinski definition) is 1. The lowest BCUT2D eigenvalue weighted by Gasteiger charge is -2.15. The van der Waals surface area contributed by atoms with Crippen molar-refractivity contribution in [2.45, 2.75) is 12.8 Å². The van der Waals surface area contributed by atoms with Gasteiger partial charge in [-0.15, -0.1) is 0 Å². The average Bonchev–Trinajstić information content (AvgIpc) is 2.90. The molecule has 0 atom stereocenters. The summed E-state index contributed by atoms with van der Waals surface area (Å²) < 4.78 is 1.20. The number of carbonyl (C=O) groups is 3. The molecule has 1 N–H and O–H groups in total. The molecule has 3 rings (SSSR count). The highest BCUT2D eigenvalue weighted by molar-refractivity contribution is 6.06. The molecule has 0 aliphatic carbocycles. The summed E-state index contributed by atoms with van der Waals surface area (Å²) in [6.07, 6.45) is 0.287. The summed E-state index contributed by atoms with van der Waals surface area (Å²) in [5, 5.41) is 6.87. The Bertz CT molecular complexity index is 903. The lowest BCUT2D eigenvalue weighted by molar-refractivity contribution is -0.141. The molecule has 1 fully saturated rings. The van der Waals surface area contributed by atoms with Gasteiger partial charge in [0.2, 0.25) is 17.7 Å². The largest absolute Gasteiger partial charge is 0.324 e. The van der Waals surface area contributed by atoms with E-state index in [0.717, 1.165) is 4.90 Å².